The largest absolute Gasteiger partial charge is 1.00 e. The molecule has 15 nitrogen and oxygen atoms in total. The van der Waals surface area contributed by atoms with Crippen molar-refractivity contribution in [3.05, 3.63) is 132 Å². The minimum Gasteiger partial charge on any atom is -0.548 e. The molecule has 384 valence electrons. The number of benzene rings is 6. The number of aromatic hydroxyl groups is 3. The van der Waals surface area contributed by atoms with Crippen molar-refractivity contribution in [1.82, 2.24) is 0 Å². The van der Waals surface area contributed by atoms with Crippen LogP contribution in [0.1, 0.15) is 16.7 Å². The molecule has 0 saturated heterocycles. The number of hydrogen-bond donors (Lipinski definition) is 8. The Hall–Kier alpha value is 2.17. The molecule has 0 heterocycles. The molecule has 0 saturated carbocycles. The van der Waals surface area contributed by atoms with Crippen LogP contribution in [0.3, 0.4) is 0 Å². The number of nitrogens with two attached hydrogens (primary N) is 3. The summed E-state index contributed by atoms with van der Waals surface area (Å²) in [6.45, 7) is 0. The minimum atomic E-state index is -1.27. The number of ether oxygens (including phenoxy) is 3. The molecule has 0 aromatic heterocycles. The first-order chi connectivity index (χ1) is 33.6. The summed E-state index contributed by atoms with van der Waals surface area (Å²) < 4.78 is 27.3. The van der Waals surface area contributed by atoms with E-state index in [1.165, 1.54) is 0 Å². The van der Waals surface area contributed by atoms with Gasteiger partial charge in [0, 0.05) is 6.04 Å². The van der Waals surface area contributed by atoms with Crippen LogP contribution in [0, 0.1) is 42.8 Å². The van der Waals surface area contributed by atoms with Gasteiger partial charge in [-0.25, -0.2) is 0 Å². The van der Waals surface area contributed by atoms with E-state index in [0.717, 1.165) is 38.1 Å². The van der Waals surface area contributed by atoms with Crippen LogP contribution in [0.25, 0.3) is 0 Å². The van der Waals surface area contributed by atoms with Crippen molar-refractivity contribution in [3.8, 4) is 51.7 Å². The number of phenols is 3. The molecule has 0 unspecified atom stereocenters. The first-order valence-corrected chi connectivity index (χ1v) is 32.5. The topological polar surface area (TPSA) is 281 Å². The zero-order valence-corrected chi connectivity index (χ0v) is 64.5. The summed E-state index contributed by atoms with van der Waals surface area (Å²) in [5.74, 6) is 1.37. The quantitative estimate of drug-likeness (QED) is 0.0351. The van der Waals surface area contributed by atoms with Gasteiger partial charge in [-0.1, -0.05) is 0 Å². The van der Waals surface area contributed by atoms with E-state index in [9.17, 15) is 34.8 Å². The molecule has 6 rings (SSSR count). The van der Waals surface area contributed by atoms with E-state index in [0.29, 0.717) is 55.9 Å². The molecule has 0 aliphatic heterocycles. The summed E-state index contributed by atoms with van der Waals surface area (Å²) in [6, 6.07) is 18.8. The van der Waals surface area contributed by atoms with Gasteiger partial charge in [0.15, 0.2) is 17.2 Å². The van der Waals surface area contributed by atoms with Crippen molar-refractivity contribution in [3.63, 3.8) is 0 Å². The predicted octanol–water partition coefficient (Wildman–Crippen LogP) is 9.34. The Balaban J connectivity index is 0.000000287. The molecule has 0 amide bonds. The zero-order valence-electron chi connectivity index (χ0n) is 36.6. The van der Waals surface area contributed by atoms with Gasteiger partial charge in [-0.2, -0.15) is 0 Å². The Labute approximate surface area is 604 Å². The molecule has 0 spiro atoms. The maximum absolute atomic E-state index is 10.9. The van der Waals surface area contributed by atoms with E-state index in [1.807, 2.05) is 81.6 Å². The van der Waals surface area contributed by atoms with Crippen LogP contribution in [0.15, 0.2) is 72.8 Å². The van der Waals surface area contributed by atoms with E-state index < -0.39 is 36.0 Å². The van der Waals surface area contributed by atoms with Gasteiger partial charge < -0.3 is 66.8 Å². The van der Waals surface area contributed by atoms with Crippen LogP contribution in [-0.2, 0) is 33.6 Å². The van der Waals surface area contributed by atoms with Gasteiger partial charge >= 0.3 is 41.5 Å². The zero-order chi connectivity index (χ0) is 54.0. The molecule has 0 fully saturated rings. The van der Waals surface area contributed by atoms with Crippen LogP contribution in [0.2, 0.25) is 0 Å². The molecular weight excluding hydrogens is 2320 g/mol. The molecule has 0 bridgehead atoms. The van der Waals surface area contributed by atoms with Gasteiger partial charge in [0.05, 0.1) is 48.8 Å². The second-order valence-corrected chi connectivity index (χ2v) is 28.6. The fourth-order valence-electron chi connectivity index (χ4n) is 5.66. The van der Waals surface area contributed by atoms with Crippen molar-refractivity contribution in [2.24, 2.45) is 17.2 Å². The summed E-state index contributed by atoms with van der Waals surface area (Å²) in [5.41, 5.74) is 19.2. The van der Waals surface area contributed by atoms with Crippen molar-refractivity contribution >= 4 is 289 Å². The maximum atomic E-state index is 10.9. The number of halogens is 12. The van der Waals surface area contributed by atoms with Crippen molar-refractivity contribution in [2.45, 2.75) is 37.4 Å². The summed E-state index contributed by atoms with van der Waals surface area (Å²) in [6.07, 6.45) is 0.719. The van der Waals surface area contributed by atoms with Gasteiger partial charge in [-0.05, 0) is 380 Å². The Bertz CT molecular complexity index is 2580. The molecule has 28 heteroatoms. The summed E-state index contributed by atoms with van der Waals surface area (Å²) >= 11 is 25.2. The molecule has 0 aliphatic carbocycles. The SMILES string of the molecule is N[C@@H](Cc1cc(I)c(Oc2cc(I)c(O)c(I)c2)c(I)c1)C(=O)O.N[C@@H](Cc1cc(I)c(Oc2cc(I)c(O)c(I)c2)c(I)c1)C(=O)O.N[C@@H](Cc1cc(I)c(Oc2cc(I)c(O)c(I)c2)c(I)c1)C(=O)[O-].[Na+]. The normalized spacial score (nSPS) is 11.9. The number of carboxylic acids is 3. The number of carbonyl (C=O) groups excluding carboxylic acids is 1. The molecule has 0 aliphatic rings. The summed E-state index contributed by atoms with van der Waals surface area (Å²) in [7, 11) is 0. The number of rotatable bonds is 15. The molecule has 6 aromatic carbocycles. The fourth-order valence-corrected chi connectivity index (χ4v) is 17.1. The predicted molar refractivity (Wildman–Crippen MR) is 372 cm³/mol. The number of phenolic OH excluding ortho intramolecular Hbond substituents is 3. The minimum absolute atomic E-state index is 0. The van der Waals surface area contributed by atoms with Crippen LogP contribution < -0.4 is 66.1 Å². The average molecular weight is 2350 g/mol. The van der Waals surface area contributed by atoms with E-state index in [2.05, 4.69) is 226 Å². The molecule has 3 atom stereocenters. The van der Waals surface area contributed by atoms with Gasteiger partial charge in [-0.3, -0.25) is 9.59 Å². The number of carbonyl (C=O) groups is 3. The third-order valence-electron chi connectivity index (χ3n) is 9.11. The Kier molecular flexibility index (Phi) is 31.1. The molecule has 11 N–H and O–H groups in total. The maximum Gasteiger partial charge on any atom is 1.00 e. The van der Waals surface area contributed by atoms with E-state index in [-0.39, 0.29) is 66.1 Å². The van der Waals surface area contributed by atoms with E-state index in [4.69, 9.17) is 41.6 Å². The standard InChI is InChI=1S/3C15H11I4NO4.Na/c3*16-8-4-7(5-9(17)13(8)21)24-14-10(18)1-6(2-11(14)19)3-12(20)15(22)23;/h3*1-2,4-5,12,21H,3,20H2,(H,22,23);/q;;;+1/p-1/t3*12-;/m000./s1. The summed E-state index contributed by atoms with van der Waals surface area (Å²) in [4.78, 5) is 32.6. The first kappa shape index (κ1) is 69.4. The number of hydrogen-bond acceptors (Lipinski definition) is 13. The Morgan fingerprint density at radius 2 is 0.589 bits per heavy atom. The van der Waals surface area contributed by atoms with Crippen LogP contribution >= 0.6 is 271 Å². The summed E-state index contributed by atoms with van der Waals surface area (Å²) in [5, 5.41) is 58.2. The van der Waals surface area contributed by atoms with Gasteiger partial charge in [0.1, 0.15) is 46.6 Å². The van der Waals surface area contributed by atoms with Crippen molar-refractivity contribution < 1.29 is 88.8 Å². The Morgan fingerprint density at radius 1 is 0.397 bits per heavy atom. The average Bonchev–Trinajstić information content (AvgIpc) is 3.27. The second-order valence-electron chi connectivity index (χ2n) is 14.6. The number of aliphatic carboxylic acids is 3. The monoisotopic (exact) mass is 2350 g/mol. The number of carboxylic acid groups (broad SMARTS) is 3. The smallest absolute Gasteiger partial charge is 0.548 e. The molecular formula is C45H32I12N3NaO12. The third kappa shape index (κ3) is 21.5. The molecule has 6 aromatic rings. The first-order valence-electron chi connectivity index (χ1n) is 19.5. The third-order valence-corrected chi connectivity index (χ3v) is 18.9. The van der Waals surface area contributed by atoms with Crippen LogP contribution in [-0.4, -0.2) is 61.6 Å². The fraction of sp³-hybridized carbons (Fsp3) is 0.133. The van der Waals surface area contributed by atoms with E-state index >= 15 is 0 Å². The van der Waals surface area contributed by atoms with Gasteiger partial charge in [-0.15, -0.1) is 0 Å². The molecule has 0 radical (unpaired) electrons. The van der Waals surface area contributed by atoms with E-state index in [1.54, 1.807) is 36.4 Å². The van der Waals surface area contributed by atoms with Gasteiger partial charge in [0.25, 0.3) is 0 Å². The van der Waals surface area contributed by atoms with Crippen molar-refractivity contribution in [2.75, 3.05) is 0 Å². The van der Waals surface area contributed by atoms with Crippen LogP contribution in [0.4, 0.5) is 0 Å². The van der Waals surface area contributed by atoms with Gasteiger partial charge in [0.2, 0.25) is 0 Å². The van der Waals surface area contributed by atoms with Crippen molar-refractivity contribution in [1.29, 1.82) is 0 Å². The second kappa shape index (κ2) is 32.7. The van der Waals surface area contributed by atoms with Crippen LogP contribution in [0.5, 0.6) is 51.7 Å². The Morgan fingerprint density at radius 3 is 0.767 bits per heavy atom. The molecule has 73 heavy (non-hydrogen) atoms.